The highest BCUT2D eigenvalue weighted by molar-refractivity contribution is 6.05. The standard InChI is InChI=1S/C22H18FNO4/c1-27-15-10-8-14(9-11-15)19-20(17-6-2-3-7-18(17)23)24(22(26)21(19)25)13-16-5-4-12-28-16/h2-12,20,25H,13H2,1H3/t20-/m0/s1. The first-order valence-corrected chi connectivity index (χ1v) is 8.75. The highest BCUT2D eigenvalue weighted by Crippen LogP contribution is 2.44. The van der Waals surface area contributed by atoms with Crippen LogP contribution in [0.2, 0.25) is 0 Å². The van der Waals surface area contributed by atoms with Crippen molar-refractivity contribution in [1.82, 2.24) is 4.90 Å². The molecule has 2 aromatic carbocycles. The van der Waals surface area contributed by atoms with Crippen LogP contribution in [-0.4, -0.2) is 23.0 Å². The molecular weight excluding hydrogens is 361 g/mol. The Balaban J connectivity index is 1.83. The maximum Gasteiger partial charge on any atom is 0.290 e. The largest absolute Gasteiger partial charge is 0.503 e. The lowest BCUT2D eigenvalue weighted by molar-refractivity contribution is -0.130. The number of ether oxygens (including phenoxy) is 1. The van der Waals surface area contributed by atoms with Crippen molar-refractivity contribution in [2.75, 3.05) is 7.11 Å². The van der Waals surface area contributed by atoms with Crippen LogP contribution in [0.3, 0.4) is 0 Å². The van der Waals surface area contributed by atoms with Crippen molar-refractivity contribution in [2.45, 2.75) is 12.6 Å². The van der Waals surface area contributed by atoms with E-state index in [1.54, 1.807) is 61.7 Å². The summed E-state index contributed by atoms with van der Waals surface area (Å²) in [4.78, 5) is 14.3. The molecule has 0 aliphatic carbocycles. The van der Waals surface area contributed by atoms with Gasteiger partial charge >= 0.3 is 0 Å². The molecule has 2 heterocycles. The minimum absolute atomic E-state index is 0.106. The van der Waals surface area contributed by atoms with Crippen LogP contribution >= 0.6 is 0 Å². The van der Waals surface area contributed by atoms with E-state index in [4.69, 9.17) is 9.15 Å². The fraction of sp³-hybridized carbons (Fsp3) is 0.136. The number of carbonyl (C=O) groups excluding carboxylic acids is 1. The van der Waals surface area contributed by atoms with E-state index < -0.39 is 23.5 Å². The van der Waals surface area contributed by atoms with Gasteiger partial charge in [0.1, 0.15) is 17.3 Å². The van der Waals surface area contributed by atoms with Crippen LogP contribution in [-0.2, 0) is 11.3 Å². The van der Waals surface area contributed by atoms with Gasteiger partial charge in [-0.15, -0.1) is 0 Å². The SMILES string of the molecule is COc1ccc(C2=C(O)C(=O)N(Cc3ccco3)[C@H]2c2ccccc2F)cc1. The summed E-state index contributed by atoms with van der Waals surface area (Å²) >= 11 is 0. The number of halogens is 1. The number of hydrogen-bond donors (Lipinski definition) is 1. The Labute approximate surface area is 161 Å². The highest BCUT2D eigenvalue weighted by Gasteiger charge is 2.42. The predicted octanol–water partition coefficient (Wildman–Crippen LogP) is 4.48. The molecule has 28 heavy (non-hydrogen) atoms. The molecule has 3 aromatic rings. The van der Waals surface area contributed by atoms with Crippen LogP contribution in [0.25, 0.3) is 5.57 Å². The third-order valence-electron chi connectivity index (χ3n) is 4.81. The van der Waals surface area contributed by atoms with Crippen molar-refractivity contribution < 1.29 is 23.4 Å². The number of methoxy groups -OCH3 is 1. The number of carbonyl (C=O) groups is 1. The third-order valence-corrected chi connectivity index (χ3v) is 4.81. The number of rotatable bonds is 5. The maximum absolute atomic E-state index is 14.7. The number of nitrogens with zero attached hydrogens (tertiary/aromatic N) is 1. The zero-order chi connectivity index (χ0) is 19.7. The van der Waals surface area contributed by atoms with Crippen LogP contribution in [0.4, 0.5) is 4.39 Å². The Morgan fingerprint density at radius 2 is 1.86 bits per heavy atom. The van der Waals surface area contributed by atoms with Gasteiger partial charge in [-0.3, -0.25) is 4.79 Å². The van der Waals surface area contributed by atoms with Gasteiger partial charge in [-0.2, -0.15) is 0 Å². The van der Waals surface area contributed by atoms with Gasteiger partial charge in [-0.1, -0.05) is 30.3 Å². The van der Waals surface area contributed by atoms with E-state index in [9.17, 15) is 14.3 Å². The Morgan fingerprint density at radius 3 is 2.50 bits per heavy atom. The van der Waals surface area contributed by atoms with E-state index in [0.717, 1.165) is 0 Å². The van der Waals surface area contributed by atoms with E-state index in [-0.39, 0.29) is 6.54 Å². The summed E-state index contributed by atoms with van der Waals surface area (Å²) in [5.41, 5.74) is 1.27. The fourth-order valence-corrected chi connectivity index (χ4v) is 3.47. The van der Waals surface area contributed by atoms with Crippen LogP contribution in [0.15, 0.2) is 77.1 Å². The molecule has 6 heteroatoms. The molecule has 0 unspecified atom stereocenters. The molecule has 0 fully saturated rings. The molecule has 1 N–H and O–H groups in total. The van der Waals surface area contributed by atoms with Crippen molar-refractivity contribution in [3.8, 4) is 5.75 Å². The third kappa shape index (κ3) is 3.03. The zero-order valence-electron chi connectivity index (χ0n) is 15.1. The molecule has 0 saturated heterocycles. The average Bonchev–Trinajstić information content (AvgIpc) is 3.31. The molecule has 1 amide bonds. The summed E-state index contributed by atoms with van der Waals surface area (Å²) in [5, 5.41) is 10.7. The number of amides is 1. The van der Waals surface area contributed by atoms with Crippen molar-refractivity contribution in [2.24, 2.45) is 0 Å². The van der Waals surface area contributed by atoms with E-state index >= 15 is 0 Å². The number of furan rings is 1. The Morgan fingerprint density at radius 1 is 1.11 bits per heavy atom. The molecular formula is C22H18FNO4. The molecule has 0 saturated carbocycles. The smallest absolute Gasteiger partial charge is 0.290 e. The molecule has 142 valence electrons. The maximum atomic E-state index is 14.7. The van der Waals surface area contributed by atoms with Crippen molar-refractivity contribution in [3.63, 3.8) is 0 Å². The monoisotopic (exact) mass is 379 g/mol. The summed E-state index contributed by atoms with van der Waals surface area (Å²) in [6.45, 7) is 0.106. The molecule has 4 rings (SSSR count). The Hall–Kier alpha value is -3.54. The molecule has 0 spiro atoms. The minimum Gasteiger partial charge on any atom is -0.503 e. The molecule has 1 aliphatic heterocycles. The van der Waals surface area contributed by atoms with Crippen molar-refractivity contribution in [3.05, 3.63) is 95.4 Å². The lowest BCUT2D eigenvalue weighted by Gasteiger charge is -2.27. The Kier molecular flexibility index (Phi) is 4.61. The Bertz CT molecular complexity index is 1020. The number of benzene rings is 2. The van der Waals surface area contributed by atoms with E-state index in [2.05, 4.69) is 0 Å². The molecule has 1 aliphatic rings. The van der Waals surface area contributed by atoms with E-state index in [1.807, 2.05) is 0 Å². The molecule has 1 aromatic heterocycles. The van der Waals surface area contributed by atoms with Crippen LogP contribution in [0, 0.1) is 5.82 Å². The van der Waals surface area contributed by atoms with Gasteiger partial charge in [0.15, 0.2) is 5.76 Å². The molecule has 1 atom stereocenters. The van der Waals surface area contributed by atoms with Gasteiger partial charge in [0.05, 0.1) is 26.0 Å². The highest BCUT2D eigenvalue weighted by atomic mass is 19.1. The summed E-state index contributed by atoms with van der Waals surface area (Å²) < 4.78 is 25.2. The zero-order valence-corrected chi connectivity index (χ0v) is 15.1. The first-order chi connectivity index (χ1) is 13.6. The summed E-state index contributed by atoms with van der Waals surface area (Å²) in [6, 6.07) is 15.8. The van der Waals surface area contributed by atoms with Crippen LogP contribution < -0.4 is 4.74 Å². The fourth-order valence-electron chi connectivity index (χ4n) is 3.47. The summed E-state index contributed by atoms with van der Waals surface area (Å²) in [7, 11) is 1.55. The van der Waals surface area contributed by atoms with Crippen molar-refractivity contribution >= 4 is 11.5 Å². The molecule has 0 bridgehead atoms. The van der Waals surface area contributed by atoms with Gasteiger partial charge in [0, 0.05) is 11.1 Å². The quantitative estimate of drug-likeness (QED) is 0.710. The first-order valence-electron chi connectivity index (χ1n) is 8.75. The van der Waals surface area contributed by atoms with Gasteiger partial charge in [0.25, 0.3) is 5.91 Å². The van der Waals surface area contributed by atoms with Gasteiger partial charge < -0.3 is 19.2 Å². The number of aliphatic hydroxyl groups excluding tert-OH is 1. The van der Waals surface area contributed by atoms with E-state index in [1.165, 1.54) is 17.2 Å². The van der Waals surface area contributed by atoms with E-state index in [0.29, 0.717) is 28.2 Å². The summed E-state index contributed by atoms with van der Waals surface area (Å²) in [5.74, 6) is -0.243. The second kappa shape index (κ2) is 7.23. The van der Waals surface area contributed by atoms with Gasteiger partial charge in [0.2, 0.25) is 0 Å². The van der Waals surface area contributed by atoms with Crippen LogP contribution in [0.5, 0.6) is 5.75 Å². The second-order valence-corrected chi connectivity index (χ2v) is 6.43. The van der Waals surface area contributed by atoms with Gasteiger partial charge in [-0.05, 0) is 35.9 Å². The van der Waals surface area contributed by atoms with Crippen molar-refractivity contribution in [1.29, 1.82) is 0 Å². The molecule has 5 nitrogen and oxygen atoms in total. The minimum atomic E-state index is -0.785. The molecule has 0 radical (unpaired) electrons. The number of aliphatic hydroxyl groups is 1. The average molecular weight is 379 g/mol. The number of hydrogen-bond acceptors (Lipinski definition) is 4. The van der Waals surface area contributed by atoms with Crippen LogP contribution in [0.1, 0.15) is 22.9 Å². The lowest BCUT2D eigenvalue weighted by Crippen LogP contribution is -2.30. The summed E-state index contributed by atoms with van der Waals surface area (Å²) in [6.07, 6.45) is 1.51. The lowest BCUT2D eigenvalue weighted by atomic mass is 9.93. The second-order valence-electron chi connectivity index (χ2n) is 6.43. The topological polar surface area (TPSA) is 62.9 Å². The predicted molar refractivity (Wildman–Crippen MR) is 101 cm³/mol. The van der Waals surface area contributed by atoms with Gasteiger partial charge in [-0.25, -0.2) is 4.39 Å². The normalized spacial score (nSPS) is 16.7. The first kappa shape index (κ1) is 17.9.